The molecule has 1 aromatic rings. The zero-order chi connectivity index (χ0) is 10.9. The Balaban J connectivity index is 2.20. The van der Waals surface area contributed by atoms with Crippen molar-refractivity contribution in [2.45, 2.75) is 13.3 Å². The summed E-state index contributed by atoms with van der Waals surface area (Å²) in [7, 11) is 0. The van der Waals surface area contributed by atoms with Gasteiger partial charge in [0, 0.05) is 18.9 Å². The summed E-state index contributed by atoms with van der Waals surface area (Å²) in [6.45, 7) is 4.60. The van der Waals surface area contributed by atoms with Crippen molar-refractivity contribution in [1.29, 1.82) is 0 Å². The second-order valence-electron chi connectivity index (χ2n) is 3.09. The highest BCUT2D eigenvalue weighted by atomic mass is 16.1. The van der Waals surface area contributed by atoms with Crippen molar-refractivity contribution >= 4 is 5.91 Å². The number of hydrogen-bond donors (Lipinski definition) is 2. The summed E-state index contributed by atoms with van der Waals surface area (Å²) < 4.78 is 0. The highest BCUT2D eigenvalue weighted by molar-refractivity contribution is 5.93. The van der Waals surface area contributed by atoms with Gasteiger partial charge in [0.15, 0.2) is 0 Å². The van der Waals surface area contributed by atoms with Crippen molar-refractivity contribution < 1.29 is 4.79 Å². The molecule has 0 aromatic carbocycles. The van der Waals surface area contributed by atoms with Gasteiger partial charge in [-0.1, -0.05) is 6.92 Å². The molecule has 0 unspecified atom stereocenters. The van der Waals surface area contributed by atoms with Gasteiger partial charge in [0.1, 0.15) is 6.33 Å². The van der Waals surface area contributed by atoms with E-state index in [-0.39, 0.29) is 5.91 Å². The van der Waals surface area contributed by atoms with Crippen LogP contribution >= 0.6 is 0 Å². The maximum absolute atomic E-state index is 11.5. The van der Waals surface area contributed by atoms with E-state index in [4.69, 9.17) is 0 Å². The molecule has 1 rings (SSSR count). The number of nitrogens with one attached hydrogen (secondary N) is 2. The molecule has 0 aliphatic heterocycles. The highest BCUT2D eigenvalue weighted by Gasteiger charge is 2.03. The number of hydrogen-bond acceptors (Lipinski definition) is 4. The van der Waals surface area contributed by atoms with Gasteiger partial charge < -0.3 is 10.6 Å². The van der Waals surface area contributed by atoms with Crippen LogP contribution in [0.3, 0.4) is 0 Å². The first-order valence-corrected chi connectivity index (χ1v) is 5.08. The van der Waals surface area contributed by atoms with Crippen molar-refractivity contribution in [1.82, 2.24) is 20.6 Å². The molecule has 1 heterocycles. The van der Waals surface area contributed by atoms with Crippen LogP contribution < -0.4 is 10.6 Å². The summed E-state index contributed by atoms with van der Waals surface area (Å²) in [6, 6.07) is 0. The fraction of sp³-hybridized carbons (Fsp3) is 0.500. The van der Waals surface area contributed by atoms with Crippen LogP contribution in [0, 0.1) is 0 Å². The van der Waals surface area contributed by atoms with E-state index < -0.39 is 0 Å². The third kappa shape index (κ3) is 4.51. The lowest BCUT2D eigenvalue weighted by molar-refractivity contribution is 0.0952. The molecule has 5 heteroatoms. The summed E-state index contributed by atoms with van der Waals surface area (Å²) >= 11 is 0. The topological polar surface area (TPSA) is 66.9 Å². The van der Waals surface area contributed by atoms with Gasteiger partial charge in [-0.2, -0.15) is 0 Å². The van der Waals surface area contributed by atoms with Crippen LogP contribution in [0.4, 0.5) is 0 Å². The van der Waals surface area contributed by atoms with Crippen molar-refractivity contribution in [3.63, 3.8) is 0 Å². The first-order chi connectivity index (χ1) is 7.34. The first kappa shape index (κ1) is 11.6. The SMILES string of the molecule is CCNCCCNC(=O)c1cncnc1. The summed E-state index contributed by atoms with van der Waals surface area (Å²) in [6.07, 6.45) is 5.34. The van der Waals surface area contributed by atoms with Gasteiger partial charge in [0.2, 0.25) is 0 Å². The minimum atomic E-state index is -0.118. The zero-order valence-electron chi connectivity index (χ0n) is 8.86. The molecule has 0 aliphatic rings. The van der Waals surface area contributed by atoms with E-state index in [9.17, 15) is 4.79 Å². The monoisotopic (exact) mass is 208 g/mol. The van der Waals surface area contributed by atoms with Crippen molar-refractivity contribution in [2.24, 2.45) is 0 Å². The van der Waals surface area contributed by atoms with Crippen LogP contribution in [0.15, 0.2) is 18.7 Å². The van der Waals surface area contributed by atoms with Gasteiger partial charge in [0.05, 0.1) is 5.56 Å². The Bertz CT molecular complexity index is 289. The number of aromatic nitrogens is 2. The molecule has 1 aromatic heterocycles. The molecule has 0 radical (unpaired) electrons. The van der Waals surface area contributed by atoms with Crippen molar-refractivity contribution in [3.05, 3.63) is 24.3 Å². The molecule has 0 bridgehead atoms. The smallest absolute Gasteiger partial charge is 0.254 e. The Labute approximate surface area is 89.3 Å². The van der Waals surface area contributed by atoms with Gasteiger partial charge >= 0.3 is 0 Å². The molecular formula is C10H16N4O. The van der Waals surface area contributed by atoms with E-state index in [1.807, 2.05) is 0 Å². The highest BCUT2D eigenvalue weighted by Crippen LogP contribution is 1.91. The van der Waals surface area contributed by atoms with E-state index >= 15 is 0 Å². The Morgan fingerprint density at radius 3 is 2.73 bits per heavy atom. The number of carbonyl (C=O) groups is 1. The van der Waals surface area contributed by atoms with E-state index in [2.05, 4.69) is 27.5 Å². The number of nitrogens with zero attached hydrogens (tertiary/aromatic N) is 2. The molecule has 82 valence electrons. The van der Waals surface area contributed by atoms with Gasteiger partial charge in [0.25, 0.3) is 5.91 Å². The minimum absolute atomic E-state index is 0.118. The Hall–Kier alpha value is -1.49. The fourth-order valence-electron chi connectivity index (χ4n) is 1.11. The summed E-state index contributed by atoms with van der Waals surface area (Å²) in [5.74, 6) is -0.118. The lowest BCUT2D eigenvalue weighted by Crippen LogP contribution is -2.27. The van der Waals surface area contributed by atoms with Crippen LogP contribution in [0.2, 0.25) is 0 Å². The minimum Gasteiger partial charge on any atom is -0.352 e. The molecule has 0 atom stereocenters. The Kier molecular flexibility index (Phi) is 5.32. The van der Waals surface area contributed by atoms with Gasteiger partial charge in [-0.25, -0.2) is 9.97 Å². The third-order valence-corrected chi connectivity index (χ3v) is 1.89. The van der Waals surface area contributed by atoms with Crippen LogP contribution in [0.25, 0.3) is 0 Å². The Morgan fingerprint density at radius 1 is 1.33 bits per heavy atom. The van der Waals surface area contributed by atoms with Crippen LogP contribution in [-0.4, -0.2) is 35.5 Å². The van der Waals surface area contributed by atoms with Crippen LogP contribution in [0.5, 0.6) is 0 Å². The maximum atomic E-state index is 11.5. The van der Waals surface area contributed by atoms with Gasteiger partial charge in [-0.15, -0.1) is 0 Å². The first-order valence-electron chi connectivity index (χ1n) is 5.08. The molecule has 0 fully saturated rings. The quantitative estimate of drug-likeness (QED) is 0.656. The number of rotatable bonds is 6. The normalized spacial score (nSPS) is 9.93. The second kappa shape index (κ2) is 6.89. The Morgan fingerprint density at radius 2 is 2.07 bits per heavy atom. The van der Waals surface area contributed by atoms with E-state index in [0.29, 0.717) is 12.1 Å². The molecule has 1 amide bonds. The standard InChI is InChI=1S/C10H16N4O/c1-2-11-4-3-5-14-10(15)9-6-12-8-13-7-9/h6-8,11H,2-5H2,1H3,(H,14,15). The van der Waals surface area contributed by atoms with Gasteiger partial charge in [-0.3, -0.25) is 4.79 Å². The molecule has 0 saturated heterocycles. The molecule has 0 spiro atoms. The van der Waals surface area contributed by atoms with Crippen LogP contribution in [0.1, 0.15) is 23.7 Å². The molecule has 0 saturated carbocycles. The molecule has 5 nitrogen and oxygen atoms in total. The summed E-state index contributed by atoms with van der Waals surface area (Å²) in [5, 5.41) is 5.98. The molecule has 0 aliphatic carbocycles. The van der Waals surface area contributed by atoms with Crippen molar-refractivity contribution in [3.8, 4) is 0 Å². The maximum Gasteiger partial charge on any atom is 0.254 e. The third-order valence-electron chi connectivity index (χ3n) is 1.89. The molecule has 2 N–H and O–H groups in total. The van der Waals surface area contributed by atoms with E-state index in [1.54, 1.807) is 0 Å². The molecular weight excluding hydrogens is 192 g/mol. The van der Waals surface area contributed by atoms with Crippen LogP contribution in [-0.2, 0) is 0 Å². The van der Waals surface area contributed by atoms with E-state index in [0.717, 1.165) is 19.5 Å². The average Bonchev–Trinajstić information content (AvgIpc) is 2.30. The summed E-state index contributed by atoms with van der Waals surface area (Å²) in [5.41, 5.74) is 0.501. The molecule has 15 heavy (non-hydrogen) atoms. The average molecular weight is 208 g/mol. The van der Waals surface area contributed by atoms with Gasteiger partial charge in [-0.05, 0) is 19.5 Å². The van der Waals surface area contributed by atoms with E-state index in [1.165, 1.54) is 18.7 Å². The summed E-state index contributed by atoms with van der Waals surface area (Å²) in [4.78, 5) is 19.0. The fourth-order valence-corrected chi connectivity index (χ4v) is 1.11. The van der Waals surface area contributed by atoms with Crippen molar-refractivity contribution in [2.75, 3.05) is 19.6 Å². The largest absolute Gasteiger partial charge is 0.352 e. The second-order valence-corrected chi connectivity index (χ2v) is 3.09. The lowest BCUT2D eigenvalue weighted by atomic mass is 10.3. The number of carbonyl (C=O) groups excluding carboxylic acids is 1. The zero-order valence-corrected chi connectivity index (χ0v) is 8.86. The number of amides is 1. The lowest BCUT2D eigenvalue weighted by Gasteiger charge is -2.04. The predicted molar refractivity (Wildman–Crippen MR) is 57.5 cm³/mol. The predicted octanol–water partition coefficient (Wildman–Crippen LogP) is 0.206.